The maximum atomic E-state index is 12.0. The molecule has 122 valence electrons. The number of fused-ring (bicyclic) bond motifs is 1. The molecule has 24 heavy (non-hydrogen) atoms. The molecule has 0 spiro atoms. The zero-order chi connectivity index (χ0) is 17.3. The van der Waals surface area contributed by atoms with Crippen LogP contribution in [-0.4, -0.2) is 30.3 Å². The summed E-state index contributed by atoms with van der Waals surface area (Å²) in [4.78, 5) is 24.0. The first-order valence-electron chi connectivity index (χ1n) is 7.27. The summed E-state index contributed by atoms with van der Waals surface area (Å²) >= 11 is 0. The van der Waals surface area contributed by atoms with Crippen LogP contribution in [0.15, 0.2) is 34.0 Å². The van der Waals surface area contributed by atoms with Crippen LogP contribution in [0.25, 0.3) is 5.65 Å². The van der Waals surface area contributed by atoms with Crippen molar-refractivity contribution in [1.29, 1.82) is 5.26 Å². The topological polar surface area (TPSA) is 110 Å². The van der Waals surface area contributed by atoms with E-state index in [0.29, 0.717) is 13.0 Å². The SMILES string of the molecule is Cn1c(NCCc2nnc3ccccn23)c(C#N)c(=O)n(C)c1=O. The average molecular weight is 325 g/mol. The van der Waals surface area contributed by atoms with Gasteiger partial charge in [-0.2, -0.15) is 5.26 Å². The first-order valence-corrected chi connectivity index (χ1v) is 7.27. The Kier molecular flexibility index (Phi) is 3.87. The van der Waals surface area contributed by atoms with Crippen LogP contribution < -0.4 is 16.6 Å². The second kappa shape index (κ2) is 6.00. The van der Waals surface area contributed by atoms with E-state index in [1.165, 1.54) is 18.7 Å². The van der Waals surface area contributed by atoms with E-state index < -0.39 is 11.2 Å². The zero-order valence-electron chi connectivity index (χ0n) is 13.2. The average Bonchev–Trinajstić information content (AvgIpc) is 3.01. The molecular formula is C15H15N7O2. The van der Waals surface area contributed by atoms with Gasteiger partial charge in [0.2, 0.25) is 0 Å². The second-order valence-electron chi connectivity index (χ2n) is 5.26. The quantitative estimate of drug-likeness (QED) is 0.702. The number of nitrogens with one attached hydrogen (secondary N) is 1. The molecule has 0 unspecified atom stereocenters. The van der Waals surface area contributed by atoms with Crippen molar-refractivity contribution < 1.29 is 0 Å². The molecular weight excluding hydrogens is 310 g/mol. The van der Waals surface area contributed by atoms with Crippen LogP contribution in [0.4, 0.5) is 5.82 Å². The lowest BCUT2D eigenvalue weighted by Crippen LogP contribution is -2.40. The van der Waals surface area contributed by atoms with Gasteiger partial charge in [0.15, 0.2) is 11.2 Å². The van der Waals surface area contributed by atoms with Gasteiger partial charge in [-0.05, 0) is 12.1 Å². The van der Waals surface area contributed by atoms with Gasteiger partial charge in [-0.3, -0.25) is 18.3 Å². The lowest BCUT2D eigenvalue weighted by atomic mass is 10.3. The largest absolute Gasteiger partial charge is 0.370 e. The summed E-state index contributed by atoms with van der Waals surface area (Å²) in [5.41, 5.74) is -0.456. The minimum atomic E-state index is -0.615. The molecule has 0 bridgehead atoms. The van der Waals surface area contributed by atoms with E-state index in [1.54, 1.807) is 0 Å². The molecule has 0 aliphatic rings. The van der Waals surface area contributed by atoms with E-state index in [1.807, 2.05) is 34.9 Å². The van der Waals surface area contributed by atoms with Gasteiger partial charge in [-0.15, -0.1) is 10.2 Å². The first kappa shape index (κ1) is 15.5. The van der Waals surface area contributed by atoms with E-state index in [0.717, 1.165) is 16.0 Å². The standard InChI is InChI=1S/C15H15N7O2/c1-20-13(10(9-16)14(23)21(2)15(20)24)17-7-6-12-19-18-11-5-3-4-8-22(11)12/h3-5,8,17H,6-7H2,1-2H3. The van der Waals surface area contributed by atoms with Gasteiger partial charge in [0.1, 0.15) is 17.7 Å². The Morgan fingerprint density at radius 2 is 2.00 bits per heavy atom. The molecule has 3 aromatic rings. The van der Waals surface area contributed by atoms with Crippen LogP contribution in [0.3, 0.4) is 0 Å². The number of rotatable bonds is 4. The molecule has 1 N–H and O–H groups in total. The molecule has 3 rings (SSSR count). The monoisotopic (exact) mass is 325 g/mol. The summed E-state index contributed by atoms with van der Waals surface area (Å²) < 4.78 is 4.02. The lowest BCUT2D eigenvalue weighted by molar-refractivity contribution is 0.684. The molecule has 9 nitrogen and oxygen atoms in total. The molecule has 0 atom stereocenters. The Morgan fingerprint density at radius 1 is 1.21 bits per heavy atom. The predicted octanol–water partition coefficient (Wildman–Crippen LogP) is -0.347. The molecule has 0 saturated heterocycles. The van der Waals surface area contributed by atoms with E-state index in [-0.39, 0.29) is 11.4 Å². The molecule has 3 heterocycles. The van der Waals surface area contributed by atoms with Crippen LogP contribution in [0, 0.1) is 11.3 Å². The number of nitrogens with zero attached hydrogens (tertiary/aromatic N) is 6. The van der Waals surface area contributed by atoms with Crippen LogP contribution in [0.2, 0.25) is 0 Å². The zero-order valence-corrected chi connectivity index (χ0v) is 13.2. The van der Waals surface area contributed by atoms with E-state index in [9.17, 15) is 14.9 Å². The molecule has 0 fully saturated rings. The fourth-order valence-corrected chi connectivity index (χ4v) is 2.51. The highest BCUT2D eigenvalue weighted by molar-refractivity contribution is 5.51. The van der Waals surface area contributed by atoms with Crippen LogP contribution in [0.5, 0.6) is 0 Å². The Hall–Kier alpha value is -3.41. The van der Waals surface area contributed by atoms with Crippen molar-refractivity contribution >= 4 is 11.5 Å². The van der Waals surface area contributed by atoms with Crippen molar-refractivity contribution in [3.05, 3.63) is 56.6 Å². The Bertz CT molecular complexity index is 1070. The number of nitriles is 1. The highest BCUT2D eigenvalue weighted by Gasteiger charge is 2.15. The summed E-state index contributed by atoms with van der Waals surface area (Å²) in [6.45, 7) is 0.394. The normalized spacial score (nSPS) is 10.7. The molecule has 9 heteroatoms. The van der Waals surface area contributed by atoms with Crippen molar-refractivity contribution in [2.45, 2.75) is 6.42 Å². The fourth-order valence-electron chi connectivity index (χ4n) is 2.51. The lowest BCUT2D eigenvalue weighted by Gasteiger charge is -2.13. The van der Waals surface area contributed by atoms with Crippen molar-refractivity contribution in [3.8, 4) is 6.07 Å². The number of hydrogen-bond acceptors (Lipinski definition) is 6. The summed E-state index contributed by atoms with van der Waals surface area (Å²) in [5.74, 6) is 0.949. The molecule has 0 saturated carbocycles. The maximum absolute atomic E-state index is 12.0. The third kappa shape index (κ3) is 2.44. The fraction of sp³-hybridized carbons (Fsp3) is 0.267. The molecule has 0 amide bonds. The third-order valence-corrected chi connectivity index (χ3v) is 3.80. The second-order valence-corrected chi connectivity index (χ2v) is 5.26. The van der Waals surface area contributed by atoms with Crippen LogP contribution in [-0.2, 0) is 20.5 Å². The third-order valence-electron chi connectivity index (χ3n) is 3.80. The summed E-state index contributed by atoms with van der Waals surface area (Å²) in [6.07, 6.45) is 2.37. The minimum absolute atomic E-state index is 0.0919. The predicted molar refractivity (Wildman–Crippen MR) is 86.8 cm³/mol. The van der Waals surface area contributed by atoms with E-state index in [2.05, 4.69) is 15.5 Å². The van der Waals surface area contributed by atoms with E-state index >= 15 is 0 Å². The minimum Gasteiger partial charge on any atom is -0.370 e. The maximum Gasteiger partial charge on any atom is 0.332 e. The van der Waals surface area contributed by atoms with Gasteiger partial charge in [-0.25, -0.2) is 4.79 Å². The van der Waals surface area contributed by atoms with Crippen molar-refractivity contribution in [1.82, 2.24) is 23.7 Å². The van der Waals surface area contributed by atoms with Gasteiger partial charge in [0.25, 0.3) is 5.56 Å². The Morgan fingerprint density at radius 3 is 2.75 bits per heavy atom. The highest BCUT2D eigenvalue weighted by Crippen LogP contribution is 2.08. The smallest absolute Gasteiger partial charge is 0.332 e. The van der Waals surface area contributed by atoms with Crippen molar-refractivity contribution in [3.63, 3.8) is 0 Å². The van der Waals surface area contributed by atoms with Crippen LogP contribution >= 0.6 is 0 Å². The van der Waals surface area contributed by atoms with Gasteiger partial charge in [0, 0.05) is 33.3 Å². The number of hydrogen-bond donors (Lipinski definition) is 1. The first-order chi connectivity index (χ1) is 11.5. The highest BCUT2D eigenvalue weighted by atomic mass is 16.2. The van der Waals surface area contributed by atoms with Crippen LogP contribution in [0.1, 0.15) is 11.4 Å². The summed E-state index contributed by atoms with van der Waals surface area (Å²) in [5, 5.41) is 20.4. The van der Waals surface area contributed by atoms with Crippen molar-refractivity contribution in [2.24, 2.45) is 14.1 Å². The molecule has 3 aromatic heterocycles. The molecule has 0 aromatic carbocycles. The molecule has 0 aliphatic carbocycles. The Labute approximate surface area is 136 Å². The molecule has 0 aliphatic heterocycles. The number of pyridine rings is 1. The molecule has 0 radical (unpaired) electrons. The van der Waals surface area contributed by atoms with Crippen molar-refractivity contribution in [2.75, 3.05) is 11.9 Å². The number of aromatic nitrogens is 5. The van der Waals surface area contributed by atoms with Gasteiger partial charge >= 0.3 is 5.69 Å². The summed E-state index contributed by atoms with van der Waals surface area (Å²) in [6, 6.07) is 7.46. The number of anilines is 1. The van der Waals surface area contributed by atoms with Gasteiger partial charge in [-0.1, -0.05) is 6.07 Å². The van der Waals surface area contributed by atoms with E-state index in [4.69, 9.17) is 0 Å². The Balaban J connectivity index is 1.87. The van der Waals surface area contributed by atoms with Gasteiger partial charge < -0.3 is 5.32 Å². The summed E-state index contributed by atoms with van der Waals surface area (Å²) in [7, 11) is 2.86. The van der Waals surface area contributed by atoms with Gasteiger partial charge in [0.05, 0.1) is 0 Å².